The molecule has 0 aliphatic heterocycles. The number of hydrogen-bond acceptors (Lipinski definition) is 4. The van der Waals surface area contributed by atoms with Crippen molar-refractivity contribution in [3.8, 4) is 11.8 Å². The average Bonchev–Trinajstić information content (AvgIpc) is 3.09. The Morgan fingerprint density at radius 1 is 1.14 bits per heavy atom. The number of carbonyl (C=O) groups excluding carboxylic acids is 1. The van der Waals surface area contributed by atoms with Crippen molar-refractivity contribution in [2.45, 2.75) is 12.8 Å². The second-order valence-electron chi connectivity index (χ2n) is 5.66. The monoisotopic (exact) mass is 386 g/mol. The molecule has 6 nitrogen and oxygen atoms in total. The highest BCUT2D eigenvalue weighted by molar-refractivity contribution is 5.85. The molecule has 0 saturated carbocycles. The molecule has 0 radical (unpaired) electrons. The number of anilines is 1. The Hall–Kier alpha value is -3.80. The lowest BCUT2D eigenvalue weighted by atomic mass is 10.2. The molecule has 1 N–H and O–H groups in total. The van der Waals surface area contributed by atoms with E-state index in [1.54, 1.807) is 24.3 Å². The highest BCUT2D eigenvalue weighted by Crippen LogP contribution is 2.30. The molecule has 0 spiro atoms. The van der Waals surface area contributed by atoms with E-state index in [0.29, 0.717) is 0 Å². The predicted octanol–water partition coefficient (Wildman–Crippen LogP) is 4.51. The molecule has 0 aliphatic rings. The molecule has 1 aromatic heterocycles. The summed E-state index contributed by atoms with van der Waals surface area (Å²) in [5, 5.41) is 15.6. The van der Waals surface area contributed by atoms with Crippen molar-refractivity contribution >= 4 is 11.9 Å². The van der Waals surface area contributed by atoms with Crippen molar-refractivity contribution in [1.82, 2.24) is 9.78 Å². The maximum Gasteiger partial charge on any atom is 0.416 e. The van der Waals surface area contributed by atoms with Crippen LogP contribution in [0.2, 0.25) is 0 Å². The van der Waals surface area contributed by atoms with Crippen LogP contribution in [0.15, 0.2) is 60.8 Å². The van der Waals surface area contributed by atoms with E-state index < -0.39 is 17.8 Å². The molecular weight excluding hydrogens is 373 g/mol. The van der Waals surface area contributed by atoms with Gasteiger partial charge in [-0.25, -0.2) is 9.48 Å². The Kier molecular flexibility index (Phi) is 5.31. The summed E-state index contributed by atoms with van der Waals surface area (Å²) in [6.45, 7) is 0.0168. The molecule has 0 bridgehead atoms. The third-order valence-corrected chi connectivity index (χ3v) is 3.76. The van der Waals surface area contributed by atoms with Gasteiger partial charge in [-0.05, 0) is 29.8 Å². The molecular formula is C19H13F3N4O2. The number of halogens is 3. The first-order valence-corrected chi connectivity index (χ1v) is 8.02. The van der Waals surface area contributed by atoms with Crippen LogP contribution in [0.25, 0.3) is 5.69 Å². The van der Waals surface area contributed by atoms with Gasteiger partial charge in [0.1, 0.15) is 18.2 Å². The van der Waals surface area contributed by atoms with Gasteiger partial charge >= 0.3 is 12.3 Å². The normalized spacial score (nSPS) is 10.9. The first kappa shape index (κ1) is 19.0. The molecule has 9 heteroatoms. The molecule has 0 fully saturated rings. The summed E-state index contributed by atoms with van der Waals surface area (Å²) >= 11 is 0. The molecule has 0 aliphatic carbocycles. The quantitative estimate of drug-likeness (QED) is 0.715. The standard InChI is InChI=1S/C19H13F3N4O2/c20-19(21,22)15-6-8-16(9-7-15)26-17(14(10-23)11-24-26)25-18(27)28-12-13-4-2-1-3-5-13/h1-9,11H,12H2,(H,25,27). The van der Waals surface area contributed by atoms with Gasteiger partial charge in [0.2, 0.25) is 0 Å². The summed E-state index contributed by atoms with van der Waals surface area (Å²) < 4.78 is 44.4. The van der Waals surface area contributed by atoms with Crippen LogP contribution in [0.5, 0.6) is 0 Å². The number of amides is 1. The Labute approximate surface area is 157 Å². The highest BCUT2D eigenvalue weighted by atomic mass is 19.4. The largest absolute Gasteiger partial charge is 0.444 e. The van der Waals surface area contributed by atoms with Crippen molar-refractivity contribution in [3.05, 3.63) is 77.5 Å². The molecule has 3 aromatic rings. The molecule has 28 heavy (non-hydrogen) atoms. The lowest BCUT2D eigenvalue weighted by Gasteiger charge is -2.11. The fraction of sp³-hybridized carbons (Fsp3) is 0.105. The van der Waals surface area contributed by atoms with E-state index in [1.165, 1.54) is 18.3 Å². The fourth-order valence-corrected chi connectivity index (χ4v) is 2.39. The number of ether oxygens (including phenoxy) is 1. The van der Waals surface area contributed by atoms with Gasteiger partial charge in [-0.15, -0.1) is 0 Å². The minimum Gasteiger partial charge on any atom is -0.444 e. The number of aromatic nitrogens is 2. The van der Waals surface area contributed by atoms with Gasteiger partial charge in [-0.2, -0.15) is 23.5 Å². The molecule has 142 valence electrons. The molecule has 3 rings (SSSR count). The van der Waals surface area contributed by atoms with Gasteiger partial charge in [0, 0.05) is 0 Å². The fourth-order valence-electron chi connectivity index (χ4n) is 2.39. The van der Waals surface area contributed by atoms with Crippen LogP contribution in [0, 0.1) is 11.3 Å². The Morgan fingerprint density at radius 3 is 2.43 bits per heavy atom. The second kappa shape index (κ2) is 7.84. The van der Waals surface area contributed by atoms with E-state index in [2.05, 4.69) is 10.4 Å². The van der Waals surface area contributed by atoms with Crippen LogP contribution in [0.1, 0.15) is 16.7 Å². The van der Waals surface area contributed by atoms with Crippen LogP contribution in [0.3, 0.4) is 0 Å². The smallest absolute Gasteiger partial charge is 0.416 e. The minimum absolute atomic E-state index is 0.000297. The van der Waals surface area contributed by atoms with Gasteiger partial charge in [-0.1, -0.05) is 30.3 Å². The van der Waals surface area contributed by atoms with E-state index >= 15 is 0 Å². The number of carbonyl (C=O) groups is 1. The van der Waals surface area contributed by atoms with Gasteiger partial charge in [0.05, 0.1) is 17.4 Å². The van der Waals surface area contributed by atoms with E-state index in [-0.39, 0.29) is 23.7 Å². The SMILES string of the molecule is N#Cc1cnn(-c2ccc(C(F)(F)F)cc2)c1NC(=O)OCc1ccccc1. The predicted molar refractivity (Wildman–Crippen MR) is 93.5 cm³/mol. The summed E-state index contributed by atoms with van der Waals surface area (Å²) in [7, 11) is 0. The van der Waals surface area contributed by atoms with Crippen LogP contribution >= 0.6 is 0 Å². The zero-order valence-corrected chi connectivity index (χ0v) is 14.3. The summed E-state index contributed by atoms with van der Waals surface area (Å²) in [5.74, 6) is 0.000297. The maximum atomic E-state index is 12.7. The molecule has 0 atom stereocenters. The first-order chi connectivity index (χ1) is 13.4. The number of hydrogen-bond donors (Lipinski definition) is 1. The number of nitriles is 1. The van der Waals surface area contributed by atoms with Crippen molar-refractivity contribution in [3.63, 3.8) is 0 Å². The van der Waals surface area contributed by atoms with Crippen LogP contribution in [0.4, 0.5) is 23.8 Å². The van der Waals surface area contributed by atoms with Gasteiger partial charge in [-0.3, -0.25) is 5.32 Å². The lowest BCUT2D eigenvalue weighted by Crippen LogP contribution is -2.17. The van der Waals surface area contributed by atoms with Crippen molar-refractivity contribution in [1.29, 1.82) is 5.26 Å². The number of nitrogens with zero attached hydrogens (tertiary/aromatic N) is 3. The Morgan fingerprint density at radius 2 is 1.82 bits per heavy atom. The Balaban J connectivity index is 1.79. The maximum absolute atomic E-state index is 12.7. The third-order valence-electron chi connectivity index (χ3n) is 3.76. The number of nitrogens with one attached hydrogen (secondary N) is 1. The lowest BCUT2D eigenvalue weighted by molar-refractivity contribution is -0.137. The zero-order chi connectivity index (χ0) is 20.1. The van der Waals surface area contributed by atoms with Gasteiger partial charge in [0.25, 0.3) is 0 Å². The van der Waals surface area contributed by atoms with Crippen LogP contribution in [-0.2, 0) is 17.5 Å². The second-order valence-corrected chi connectivity index (χ2v) is 5.66. The summed E-state index contributed by atoms with van der Waals surface area (Å²) in [5.41, 5.74) is 0.236. The molecule has 0 unspecified atom stereocenters. The van der Waals surface area contributed by atoms with Gasteiger partial charge < -0.3 is 4.74 Å². The van der Waals surface area contributed by atoms with Crippen molar-refractivity contribution in [2.75, 3.05) is 5.32 Å². The highest BCUT2D eigenvalue weighted by Gasteiger charge is 2.30. The van der Waals surface area contributed by atoms with Crippen molar-refractivity contribution < 1.29 is 22.7 Å². The summed E-state index contributed by atoms with van der Waals surface area (Å²) in [6, 6.07) is 15.0. The number of alkyl halides is 3. The van der Waals surface area contributed by atoms with Gasteiger partial charge in [0.15, 0.2) is 5.82 Å². The van der Waals surface area contributed by atoms with E-state index in [4.69, 9.17) is 4.74 Å². The first-order valence-electron chi connectivity index (χ1n) is 8.02. The van der Waals surface area contributed by atoms with Crippen LogP contribution in [-0.4, -0.2) is 15.9 Å². The topological polar surface area (TPSA) is 79.9 Å². The third kappa shape index (κ3) is 4.29. The van der Waals surface area contributed by atoms with E-state index in [0.717, 1.165) is 22.4 Å². The van der Waals surface area contributed by atoms with Crippen LogP contribution < -0.4 is 5.32 Å². The van der Waals surface area contributed by atoms with E-state index in [9.17, 15) is 23.2 Å². The summed E-state index contributed by atoms with van der Waals surface area (Å²) in [4.78, 5) is 12.1. The molecule has 2 aromatic carbocycles. The minimum atomic E-state index is -4.47. The number of benzene rings is 2. The average molecular weight is 386 g/mol. The number of rotatable bonds is 4. The molecule has 1 amide bonds. The molecule has 1 heterocycles. The zero-order valence-electron chi connectivity index (χ0n) is 14.3. The van der Waals surface area contributed by atoms with E-state index in [1.807, 2.05) is 12.1 Å². The Bertz CT molecular complexity index is 1010. The summed E-state index contributed by atoms with van der Waals surface area (Å²) in [6.07, 6.45) is -4.10. The van der Waals surface area contributed by atoms with Crippen molar-refractivity contribution in [2.24, 2.45) is 0 Å². The molecule has 0 saturated heterocycles.